The van der Waals surface area contributed by atoms with Gasteiger partial charge in [-0.25, -0.2) is 0 Å². The lowest BCUT2D eigenvalue weighted by Crippen LogP contribution is -2.34. The summed E-state index contributed by atoms with van der Waals surface area (Å²) < 4.78 is 0. The number of unbranched alkanes of at least 4 members (excludes halogenated alkanes) is 3. The second-order valence-corrected chi connectivity index (χ2v) is 5.06. The Morgan fingerprint density at radius 1 is 1.20 bits per heavy atom. The summed E-state index contributed by atoms with van der Waals surface area (Å²) in [4.78, 5) is 13.2. The van der Waals surface area contributed by atoms with Gasteiger partial charge >= 0.3 is 0 Å². The quantitative estimate of drug-likeness (QED) is 0.442. The van der Waals surface area contributed by atoms with Gasteiger partial charge in [0.1, 0.15) is 0 Å². The number of benzene rings is 1. The van der Waals surface area contributed by atoms with Crippen molar-refractivity contribution < 1.29 is 9.90 Å². The Balaban J connectivity index is 2.45. The van der Waals surface area contributed by atoms with Crippen molar-refractivity contribution in [2.24, 2.45) is 5.73 Å². The van der Waals surface area contributed by atoms with Crippen molar-refractivity contribution in [2.45, 2.75) is 32.2 Å². The van der Waals surface area contributed by atoms with E-state index >= 15 is 0 Å². The largest absolute Gasteiger partial charge is 0.399 e. The van der Waals surface area contributed by atoms with E-state index in [2.05, 4.69) is 0 Å². The molecule has 0 saturated carbocycles. The number of hydrogen-bond donors (Lipinski definition) is 3. The highest BCUT2D eigenvalue weighted by molar-refractivity contribution is 5.75. The molecule has 0 radical (unpaired) electrons. The third-order valence-electron chi connectivity index (χ3n) is 3.12. The Hall–Kier alpha value is -1.59. The molecule has 112 valence electrons. The maximum atomic E-state index is 11.1. The van der Waals surface area contributed by atoms with Crippen molar-refractivity contribution in [3.8, 4) is 0 Å². The monoisotopic (exact) mass is 279 g/mol. The van der Waals surface area contributed by atoms with Crippen molar-refractivity contribution in [1.29, 1.82) is 0 Å². The number of carbonyl (C=O) groups excluding carboxylic acids is 1. The average molecular weight is 279 g/mol. The van der Waals surface area contributed by atoms with Gasteiger partial charge in [-0.1, -0.05) is 25.0 Å². The Kier molecular flexibility index (Phi) is 7.69. The third-order valence-corrected chi connectivity index (χ3v) is 3.12. The highest BCUT2D eigenvalue weighted by Crippen LogP contribution is 2.10. The average Bonchev–Trinajstić information content (AvgIpc) is 2.37. The van der Waals surface area contributed by atoms with Crippen LogP contribution in [0.4, 0.5) is 5.69 Å². The molecule has 1 aromatic rings. The molecule has 0 bridgehead atoms. The maximum absolute atomic E-state index is 11.1. The predicted octanol–water partition coefficient (Wildman–Crippen LogP) is 1.11. The van der Waals surface area contributed by atoms with Crippen LogP contribution < -0.4 is 11.5 Å². The van der Waals surface area contributed by atoms with Crippen LogP contribution in [0.5, 0.6) is 0 Å². The third kappa shape index (κ3) is 7.11. The molecule has 0 saturated heterocycles. The molecule has 0 atom stereocenters. The number of nitrogen functional groups attached to an aromatic ring is 1. The number of hydrogen-bond acceptors (Lipinski definition) is 4. The van der Waals surface area contributed by atoms with Gasteiger partial charge in [0.15, 0.2) is 0 Å². The lowest BCUT2D eigenvalue weighted by atomic mass is 10.1. The van der Waals surface area contributed by atoms with Gasteiger partial charge < -0.3 is 16.6 Å². The second-order valence-electron chi connectivity index (χ2n) is 5.06. The number of aliphatic hydroxyl groups excluding tert-OH is 1. The van der Waals surface area contributed by atoms with Crippen molar-refractivity contribution in [3.63, 3.8) is 0 Å². The molecule has 1 amide bonds. The number of nitrogens with two attached hydrogens (primary N) is 2. The van der Waals surface area contributed by atoms with Gasteiger partial charge in [-0.15, -0.1) is 0 Å². The van der Waals surface area contributed by atoms with Gasteiger partial charge in [0.2, 0.25) is 5.91 Å². The van der Waals surface area contributed by atoms with Crippen LogP contribution >= 0.6 is 0 Å². The Bertz CT molecular complexity index is 410. The number of nitrogens with zero attached hydrogens (tertiary/aromatic N) is 1. The van der Waals surface area contributed by atoms with Crippen LogP contribution in [0.3, 0.4) is 0 Å². The van der Waals surface area contributed by atoms with Gasteiger partial charge in [-0.05, 0) is 37.1 Å². The number of carbonyl (C=O) groups is 1. The van der Waals surface area contributed by atoms with Gasteiger partial charge in [-0.3, -0.25) is 9.69 Å². The molecule has 0 aliphatic rings. The first-order valence-corrected chi connectivity index (χ1v) is 7.07. The van der Waals surface area contributed by atoms with Crippen molar-refractivity contribution in [3.05, 3.63) is 29.8 Å². The molecule has 0 fully saturated rings. The first kappa shape index (κ1) is 16.5. The Morgan fingerprint density at radius 3 is 2.60 bits per heavy atom. The van der Waals surface area contributed by atoms with Crippen molar-refractivity contribution >= 4 is 11.6 Å². The zero-order valence-electron chi connectivity index (χ0n) is 11.9. The molecule has 0 aromatic heterocycles. The topological polar surface area (TPSA) is 92.6 Å². The van der Waals surface area contributed by atoms with E-state index in [4.69, 9.17) is 16.6 Å². The maximum Gasteiger partial charge on any atom is 0.231 e. The van der Waals surface area contributed by atoms with Crippen molar-refractivity contribution in [2.75, 3.05) is 25.4 Å². The van der Waals surface area contributed by atoms with Crippen LogP contribution in [0.25, 0.3) is 0 Å². The van der Waals surface area contributed by atoms with Crippen LogP contribution in [0, 0.1) is 0 Å². The molecule has 0 spiro atoms. The van der Waals surface area contributed by atoms with E-state index in [1.54, 1.807) is 0 Å². The zero-order valence-corrected chi connectivity index (χ0v) is 11.9. The first-order chi connectivity index (χ1) is 9.61. The van der Waals surface area contributed by atoms with Crippen LogP contribution in [0.1, 0.15) is 31.2 Å². The predicted molar refractivity (Wildman–Crippen MR) is 80.9 cm³/mol. The fraction of sp³-hybridized carbons (Fsp3) is 0.533. The SMILES string of the molecule is NC(=O)CN(CCCCCCO)Cc1cccc(N)c1. The fourth-order valence-electron chi connectivity index (χ4n) is 2.18. The summed E-state index contributed by atoms with van der Waals surface area (Å²) in [5.74, 6) is -0.315. The number of anilines is 1. The van der Waals surface area contributed by atoms with E-state index in [9.17, 15) is 4.79 Å². The van der Waals surface area contributed by atoms with Gasteiger partial charge in [0, 0.05) is 18.8 Å². The number of aliphatic hydroxyl groups is 1. The molecule has 0 unspecified atom stereocenters. The molecule has 5 heteroatoms. The highest BCUT2D eigenvalue weighted by Gasteiger charge is 2.09. The molecule has 5 nitrogen and oxygen atoms in total. The van der Waals surface area contributed by atoms with Crippen LogP contribution in [-0.2, 0) is 11.3 Å². The minimum atomic E-state index is -0.315. The summed E-state index contributed by atoms with van der Waals surface area (Å²) in [6.45, 7) is 2.00. The van der Waals surface area contributed by atoms with E-state index < -0.39 is 0 Å². The Labute approximate surface area is 120 Å². The van der Waals surface area contributed by atoms with Crippen LogP contribution in [-0.4, -0.2) is 35.6 Å². The van der Waals surface area contributed by atoms with E-state index in [0.717, 1.165) is 43.5 Å². The lowest BCUT2D eigenvalue weighted by Gasteiger charge is -2.21. The van der Waals surface area contributed by atoms with Gasteiger partial charge in [0.05, 0.1) is 6.54 Å². The molecule has 1 rings (SSSR count). The smallest absolute Gasteiger partial charge is 0.231 e. The van der Waals surface area contributed by atoms with Crippen LogP contribution in [0.15, 0.2) is 24.3 Å². The summed E-state index contributed by atoms with van der Waals surface area (Å²) in [6, 6.07) is 7.67. The standard InChI is InChI=1S/C15H25N3O2/c16-14-7-5-6-13(10-14)11-18(12-15(17)20)8-3-1-2-4-9-19/h5-7,10,19H,1-4,8-9,11-12,16H2,(H2,17,20). The molecular formula is C15H25N3O2. The Morgan fingerprint density at radius 2 is 1.95 bits per heavy atom. The number of rotatable bonds is 10. The first-order valence-electron chi connectivity index (χ1n) is 7.07. The van der Waals surface area contributed by atoms with E-state index in [1.807, 2.05) is 29.2 Å². The van der Waals surface area contributed by atoms with E-state index in [0.29, 0.717) is 6.54 Å². The highest BCUT2D eigenvalue weighted by atomic mass is 16.2. The summed E-state index contributed by atoms with van der Waals surface area (Å²) in [5, 5.41) is 8.73. The molecule has 1 aromatic carbocycles. The van der Waals surface area contributed by atoms with E-state index in [1.165, 1.54) is 0 Å². The molecule has 5 N–H and O–H groups in total. The van der Waals surface area contributed by atoms with Gasteiger partial charge in [0.25, 0.3) is 0 Å². The number of amides is 1. The fourth-order valence-corrected chi connectivity index (χ4v) is 2.18. The summed E-state index contributed by atoms with van der Waals surface area (Å²) in [7, 11) is 0. The van der Waals surface area contributed by atoms with Gasteiger partial charge in [-0.2, -0.15) is 0 Å². The normalized spacial score (nSPS) is 10.9. The molecule has 0 aliphatic heterocycles. The summed E-state index contributed by atoms with van der Waals surface area (Å²) in [6.07, 6.45) is 3.90. The number of primary amides is 1. The molecule has 20 heavy (non-hydrogen) atoms. The minimum Gasteiger partial charge on any atom is -0.399 e. The summed E-state index contributed by atoms with van der Waals surface area (Å²) in [5.41, 5.74) is 12.9. The van der Waals surface area contributed by atoms with Crippen molar-refractivity contribution in [1.82, 2.24) is 4.90 Å². The summed E-state index contributed by atoms with van der Waals surface area (Å²) >= 11 is 0. The van der Waals surface area contributed by atoms with Crippen LogP contribution in [0.2, 0.25) is 0 Å². The van der Waals surface area contributed by atoms with E-state index in [-0.39, 0.29) is 19.1 Å². The second kappa shape index (κ2) is 9.34. The zero-order chi connectivity index (χ0) is 14.8. The molecule has 0 heterocycles. The molecular weight excluding hydrogens is 254 g/mol. The molecule has 0 aliphatic carbocycles. The lowest BCUT2D eigenvalue weighted by molar-refractivity contribution is -0.119. The minimum absolute atomic E-state index is 0.244.